The average Bonchev–Trinajstić information content (AvgIpc) is 3.13. The summed E-state index contributed by atoms with van der Waals surface area (Å²) in [6.45, 7) is 1.91. The maximum atomic E-state index is 13.0. The highest BCUT2D eigenvalue weighted by Crippen LogP contribution is 2.30. The molecule has 0 spiro atoms. The van der Waals surface area contributed by atoms with E-state index < -0.39 is 11.8 Å². The lowest BCUT2D eigenvalue weighted by Gasteiger charge is -2.07. The van der Waals surface area contributed by atoms with Crippen molar-refractivity contribution in [3.05, 3.63) is 105 Å². The molecule has 7 heteroatoms. The van der Waals surface area contributed by atoms with Crippen LogP contribution >= 0.6 is 15.9 Å². The standard InChI is InChI=1S/C26H20BrN3O3/c1-16-12-19(27)14-20-21(25(32)30-23(16)20)15-28-26(33)22(13-17-8-4-2-5-9-17)29-24(31)18-10-6-3-7-11-18/h2-15,30,32H,1H3,(H,29,31)/b22-13+,28-15?. The van der Waals surface area contributed by atoms with Crippen molar-refractivity contribution in [2.75, 3.05) is 0 Å². The van der Waals surface area contributed by atoms with Crippen LogP contribution in [0, 0.1) is 6.92 Å². The van der Waals surface area contributed by atoms with Crippen LogP contribution in [-0.2, 0) is 4.79 Å². The molecule has 0 aliphatic rings. The first-order valence-corrected chi connectivity index (χ1v) is 10.9. The van der Waals surface area contributed by atoms with E-state index in [1.165, 1.54) is 6.21 Å². The van der Waals surface area contributed by atoms with Gasteiger partial charge in [0.25, 0.3) is 11.8 Å². The fraction of sp³-hybridized carbons (Fsp3) is 0.0385. The van der Waals surface area contributed by atoms with Crippen molar-refractivity contribution in [1.29, 1.82) is 0 Å². The highest BCUT2D eigenvalue weighted by atomic mass is 79.9. The highest BCUT2D eigenvalue weighted by Gasteiger charge is 2.16. The molecule has 4 aromatic rings. The number of aryl methyl sites for hydroxylation is 1. The van der Waals surface area contributed by atoms with E-state index in [-0.39, 0.29) is 11.6 Å². The molecule has 1 heterocycles. The Morgan fingerprint density at radius 3 is 2.39 bits per heavy atom. The van der Waals surface area contributed by atoms with Gasteiger partial charge >= 0.3 is 0 Å². The van der Waals surface area contributed by atoms with Crippen LogP contribution in [0.3, 0.4) is 0 Å². The van der Waals surface area contributed by atoms with Crippen molar-refractivity contribution in [3.63, 3.8) is 0 Å². The molecule has 0 unspecified atom stereocenters. The number of nitrogens with one attached hydrogen (secondary N) is 2. The lowest BCUT2D eigenvalue weighted by Crippen LogP contribution is -2.26. The Hall–Kier alpha value is -3.97. The molecule has 0 atom stereocenters. The molecule has 6 nitrogen and oxygen atoms in total. The van der Waals surface area contributed by atoms with Gasteiger partial charge in [-0.25, -0.2) is 4.99 Å². The molecule has 0 fully saturated rings. The average molecular weight is 502 g/mol. The molecule has 164 valence electrons. The molecule has 0 radical (unpaired) electrons. The van der Waals surface area contributed by atoms with Crippen LogP contribution in [0.25, 0.3) is 17.0 Å². The summed E-state index contributed by atoms with van der Waals surface area (Å²) in [5.41, 5.74) is 3.24. The molecule has 0 bridgehead atoms. The lowest BCUT2D eigenvalue weighted by molar-refractivity contribution is -0.114. The van der Waals surface area contributed by atoms with E-state index in [0.29, 0.717) is 11.1 Å². The number of halogens is 1. The number of carbonyl (C=O) groups is 2. The zero-order valence-corrected chi connectivity index (χ0v) is 19.3. The molecule has 0 saturated carbocycles. The van der Waals surface area contributed by atoms with E-state index in [9.17, 15) is 14.7 Å². The number of hydrogen-bond acceptors (Lipinski definition) is 3. The molecular weight excluding hydrogens is 482 g/mol. The van der Waals surface area contributed by atoms with Crippen molar-refractivity contribution in [2.24, 2.45) is 4.99 Å². The third-order valence-electron chi connectivity index (χ3n) is 5.03. The Kier molecular flexibility index (Phi) is 6.51. The number of benzene rings is 3. The van der Waals surface area contributed by atoms with Gasteiger partial charge in [0, 0.05) is 21.6 Å². The Bertz CT molecular complexity index is 1390. The highest BCUT2D eigenvalue weighted by molar-refractivity contribution is 9.10. The summed E-state index contributed by atoms with van der Waals surface area (Å²) in [6.07, 6.45) is 2.87. The Morgan fingerprint density at radius 2 is 1.70 bits per heavy atom. The third-order valence-corrected chi connectivity index (χ3v) is 5.48. The molecule has 0 saturated heterocycles. The summed E-state index contributed by atoms with van der Waals surface area (Å²) in [7, 11) is 0. The number of aromatic amines is 1. The fourth-order valence-electron chi connectivity index (χ4n) is 3.41. The molecule has 1 aromatic heterocycles. The van der Waals surface area contributed by atoms with E-state index in [1.807, 2.05) is 49.4 Å². The molecular formula is C26H20BrN3O3. The van der Waals surface area contributed by atoms with Gasteiger partial charge < -0.3 is 15.4 Å². The molecule has 0 aliphatic heterocycles. The Labute approximate surface area is 198 Å². The van der Waals surface area contributed by atoms with Crippen LogP contribution in [0.5, 0.6) is 5.88 Å². The van der Waals surface area contributed by atoms with Crippen LogP contribution in [0.2, 0.25) is 0 Å². The second-order valence-electron chi connectivity index (χ2n) is 7.38. The monoisotopic (exact) mass is 501 g/mol. The summed E-state index contributed by atoms with van der Waals surface area (Å²) < 4.78 is 0.840. The number of carbonyl (C=O) groups excluding carboxylic acids is 2. The van der Waals surface area contributed by atoms with Gasteiger partial charge in [-0.3, -0.25) is 9.59 Å². The van der Waals surface area contributed by atoms with Gasteiger partial charge in [0.05, 0.1) is 11.1 Å². The first-order valence-electron chi connectivity index (χ1n) is 10.1. The topological polar surface area (TPSA) is 94.6 Å². The second-order valence-corrected chi connectivity index (χ2v) is 8.30. The predicted octanol–water partition coefficient (Wildman–Crippen LogP) is 5.36. The first kappa shape index (κ1) is 22.2. The zero-order chi connectivity index (χ0) is 23.4. The number of H-pyrrole nitrogens is 1. The minimum atomic E-state index is -0.649. The first-order chi connectivity index (χ1) is 15.9. The van der Waals surface area contributed by atoms with Crippen molar-refractivity contribution >= 4 is 50.9 Å². The van der Waals surface area contributed by atoms with Gasteiger partial charge in [-0.15, -0.1) is 0 Å². The van der Waals surface area contributed by atoms with Crippen LogP contribution in [-0.4, -0.2) is 28.1 Å². The van der Waals surface area contributed by atoms with Crippen molar-refractivity contribution < 1.29 is 14.7 Å². The Morgan fingerprint density at radius 1 is 1.03 bits per heavy atom. The molecule has 3 aromatic carbocycles. The van der Waals surface area contributed by atoms with E-state index in [2.05, 4.69) is 31.2 Å². The third kappa shape index (κ3) is 5.10. The number of fused-ring (bicyclic) bond motifs is 1. The maximum absolute atomic E-state index is 13.0. The minimum Gasteiger partial charge on any atom is -0.494 e. The molecule has 0 aliphatic carbocycles. The molecule has 33 heavy (non-hydrogen) atoms. The molecule has 2 amide bonds. The smallest absolute Gasteiger partial charge is 0.293 e. The molecule has 3 N–H and O–H groups in total. The van der Waals surface area contributed by atoms with E-state index >= 15 is 0 Å². The largest absolute Gasteiger partial charge is 0.494 e. The zero-order valence-electron chi connectivity index (χ0n) is 17.7. The van der Waals surface area contributed by atoms with E-state index in [0.717, 1.165) is 26.5 Å². The summed E-state index contributed by atoms with van der Waals surface area (Å²) in [5.74, 6) is -1.16. The fourth-order valence-corrected chi connectivity index (χ4v) is 3.98. The lowest BCUT2D eigenvalue weighted by atomic mass is 10.1. The summed E-state index contributed by atoms with van der Waals surface area (Å²) in [6, 6.07) is 21.5. The maximum Gasteiger partial charge on any atom is 0.293 e. The normalized spacial score (nSPS) is 11.8. The van der Waals surface area contributed by atoms with Gasteiger partial charge in [0.2, 0.25) is 0 Å². The number of aromatic nitrogens is 1. The number of rotatable bonds is 5. The van der Waals surface area contributed by atoms with Gasteiger partial charge in [-0.2, -0.15) is 0 Å². The summed E-state index contributed by atoms with van der Waals surface area (Å²) >= 11 is 3.45. The van der Waals surface area contributed by atoms with Gasteiger partial charge in [0.1, 0.15) is 5.70 Å². The van der Waals surface area contributed by atoms with E-state index in [1.54, 1.807) is 36.4 Å². The summed E-state index contributed by atoms with van der Waals surface area (Å²) in [5, 5.41) is 13.8. The van der Waals surface area contributed by atoms with Gasteiger partial charge in [-0.05, 0) is 48.4 Å². The second kappa shape index (κ2) is 9.67. The molecule has 4 rings (SSSR count). The van der Waals surface area contributed by atoms with E-state index in [4.69, 9.17) is 0 Å². The van der Waals surface area contributed by atoms with Crippen molar-refractivity contribution in [2.45, 2.75) is 6.92 Å². The van der Waals surface area contributed by atoms with Crippen LogP contribution in [0.15, 0.2) is 88.0 Å². The van der Waals surface area contributed by atoms with Crippen molar-refractivity contribution in [1.82, 2.24) is 10.3 Å². The minimum absolute atomic E-state index is 0.0167. The van der Waals surface area contributed by atoms with Crippen LogP contribution < -0.4 is 5.32 Å². The van der Waals surface area contributed by atoms with Crippen LogP contribution in [0.1, 0.15) is 27.0 Å². The predicted molar refractivity (Wildman–Crippen MR) is 133 cm³/mol. The van der Waals surface area contributed by atoms with Gasteiger partial charge in [-0.1, -0.05) is 64.5 Å². The number of aromatic hydroxyl groups is 1. The Balaban J connectivity index is 1.68. The number of hydrogen-bond donors (Lipinski definition) is 3. The quantitative estimate of drug-likeness (QED) is 0.253. The summed E-state index contributed by atoms with van der Waals surface area (Å²) in [4.78, 5) is 32.6. The van der Waals surface area contributed by atoms with Crippen molar-refractivity contribution in [3.8, 4) is 5.88 Å². The SMILES string of the molecule is Cc1cc(Br)cc2c(C=NC(=O)/C(=C\c3ccccc3)NC(=O)c3ccccc3)c(O)[nH]c12. The van der Waals surface area contributed by atoms with Crippen LogP contribution in [0.4, 0.5) is 0 Å². The number of nitrogens with zero attached hydrogens (tertiary/aromatic N) is 1. The number of aliphatic imine (C=N–C) groups is 1. The number of amides is 2. The van der Waals surface area contributed by atoms with Gasteiger partial charge in [0.15, 0.2) is 5.88 Å².